The highest BCUT2D eigenvalue weighted by Crippen LogP contribution is 2.25. The third kappa shape index (κ3) is 4.60. The summed E-state index contributed by atoms with van der Waals surface area (Å²) in [6, 6.07) is 6.07. The molecular weight excluding hydrogens is 392 g/mol. The van der Waals surface area contributed by atoms with Crippen molar-refractivity contribution >= 4 is 27.7 Å². The molecule has 1 aromatic rings. The number of nitrogens with zero attached hydrogens (tertiary/aromatic N) is 2. The molecule has 0 aromatic heterocycles. The topological polar surface area (TPSA) is 108 Å². The zero-order valence-corrected chi connectivity index (χ0v) is 17.8. The molecule has 2 N–H and O–H groups in total. The molecule has 0 unspecified atom stereocenters. The number of fused-ring (bicyclic) bond motifs is 1. The van der Waals surface area contributed by atoms with E-state index >= 15 is 0 Å². The number of hydrogen-bond acceptors (Lipinski definition) is 5. The quantitative estimate of drug-likeness (QED) is 0.748. The van der Waals surface area contributed by atoms with Crippen LogP contribution in [0.3, 0.4) is 0 Å². The van der Waals surface area contributed by atoms with Gasteiger partial charge in [-0.1, -0.05) is 32.4 Å². The number of carbonyl (C=O) groups is 2. The van der Waals surface area contributed by atoms with Crippen LogP contribution in [0.2, 0.25) is 0 Å². The van der Waals surface area contributed by atoms with E-state index in [0.29, 0.717) is 31.5 Å². The lowest BCUT2D eigenvalue weighted by Crippen LogP contribution is -2.49. The number of sulfonamides is 1. The van der Waals surface area contributed by atoms with E-state index in [0.717, 1.165) is 6.42 Å². The second kappa shape index (κ2) is 8.52. The van der Waals surface area contributed by atoms with E-state index in [1.54, 1.807) is 23.1 Å². The highest BCUT2D eigenvalue weighted by atomic mass is 32.2. The van der Waals surface area contributed by atoms with E-state index in [1.807, 2.05) is 13.8 Å². The van der Waals surface area contributed by atoms with Gasteiger partial charge in [0.2, 0.25) is 11.8 Å². The maximum absolute atomic E-state index is 13.2. The summed E-state index contributed by atoms with van der Waals surface area (Å²) in [7, 11) is -3.65. The number of amides is 2. The normalized spacial score (nSPS) is 21.9. The number of amidine groups is 1. The number of rotatable bonds is 5. The molecule has 1 fully saturated rings. The van der Waals surface area contributed by atoms with Crippen molar-refractivity contribution in [1.82, 2.24) is 14.9 Å². The molecule has 0 saturated carbocycles. The van der Waals surface area contributed by atoms with Crippen molar-refractivity contribution in [1.29, 1.82) is 0 Å². The minimum Gasteiger partial charge on any atom is -0.353 e. The molecule has 2 aliphatic rings. The molecule has 2 amide bonds. The first-order valence-corrected chi connectivity index (χ1v) is 11.5. The van der Waals surface area contributed by atoms with Gasteiger partial charge in [-0.15, -0.1) is 0 Å². The molecule has 0 bridgehead atoms. The van der Waals surface area contributed by atoms with Crippen molar-refractivity contribution in [3.05, 3.63) is 29.8 Å². The Bertz CT molecular complexity index is 920. The van der Waals surface area contributed by atoms with Crippen LogP contribution in [0.4, 0.5) is 0 Å². The molecule has 2 aliphatic heterocycles. The zero-order chi connectivity index (χ0) is 21.2. The van der Waals surface area contributed by atoms with Crippen LogP contribution in [0.5, 0.6) is 0 Å². The van der Waals surface area contributed by atoms with Gasteiger partial charge < -0.3 is 10.2 Å². The summed E-state index contributed by atoms with van der Waals surface area (Å²) in [5, 5.41) is 2.90. The Labute approximate surface area is 171 Å². The molecular formula is C20H28N4O4S. The summed E-state index contributed by atoms with van der Waals surface area (Å²) in [5.41, 5.74) is 0.498. The van der Waals surface area contributed by atoms with Crippen LogP contribution in [0.15, 0.2) is 34.2 Å². The molecule has 2 heterocycles. The molecule has 1 saturated heterocycles. The summed E-state index contributed by atoms with van der Waals surface area (Å²) < 4.78 is 27.2. The Kier molecular flexibility index (Phi) is 6.26. The van der Waals surface area contributed by atoms with Crippen LogP contribution < -0.4 is 10.0 Å². The fourth-order valence-electron chi connectivity index (χ4n) is 3.74. The molecule has 29 heavy (non-hydrogen) atoms. The Morgan fingerprint density at radius 3 is 2.55 bits per heavy atom. The van der Waals surface area contributed by atoms with Crippen molar-refractivity contribution in [2.75, 3.05) is 13.1 Å². The standard InChI is InChI=1S/C20H28N4O4S/c1-4-13(2)18(20(26)24-11-9-15(10-12-24)21-14(3)25)22-19-16-7-5-6-8-17(16)29(27,28)23-19/h5-8,13,15,18H,4,9-12H2,1-3H3,(H,21,25)(H,22,23)/t13-,18-/m0/s1. The molecule has 1 aromatic carbocycles. The lowest BCUT2D eigenvalue weighted by Gasteiger charge is -2.34. The van der Waals surface area contributed by atoms with E-state index in [9.17, 15) is 18.0 Å². The van der Waals surface area contributed by atoms with Gasteiger partial charge in [0.15, 0.2) is 0 Å². The summed E-state index contributed by atoms with van der Waals surface area (Å²) in [6.07, 6.45) is 2.14. The van der Waals surface area contributed by atoms with Gasteiger partial charge in [0, 0.05) is 31.6 Å². The number of benzene rings is 1. The van der Waals surface area contributed by atoms with Crippen LogP contribution in [-0.2, 0) is 19.6 Å². The first-order chi connectivity index (χ1) is 13.7. The van der Waals surface area contributed by atoms with Crippen LogP contribution in [-0.4, -0.2) is 56.1 Å². The highest BCUT2D eigenvalue weighted by molar-refractivity contribution is 7.90. The van der Waals surface area contributed by atoms with Gasteiger partial charge in [0.1, 0.15) is 11.9 Å². The van der Waals surface area contributed by atoms with Crippen LogP contribution in [0.25, 0.3) is 0 Å². The van der Waals surface area contributed by atoms with E-state index in [1.165, 1.54) is 13.0 Å². The lowest BCUT2D eigenvalue weighted by molar-refractivity contribution is -0.134. The zero-order valence-electron chi connectivity index (χ0n) is 17.0. The molecule has 8 nitrogen and oxygen atoms in total. The molecule has 0 aliphatic carbocycles. The van der Waals surface area contributed by atoms with Crippen molar-refractivity contribution in [2.45, 2.75) is 57.0 Å². The van der Waals surface area contributed by atoms with Crippen LogP contribution in [0, 0.1) is 5.92 Å². The van der Waals surface area contributed by atoms with Gasteiger partial charge >= 0.3 is 0 Å². The summed E-state index contributed by atoms with van der Waals surface area (Å²) >= 11 is 0. The summed E-state index contributed by atoms with van der Waals surface area (Å²) in [5.74, 6) is 0.0234. The number of hydrogen-bond donors (Lipinski definition) is 2. The van der Waals surface area contributed by atoms with Crippen molar-refractivity contribution in [3.63, 3.8) is 0 Å². The second-order valence-corrected chi connectivity index (χ2v) is 9.36. The number of piperidine rings is 1. The van der Waals surface area contributed by atoms with Gasteiger partial charge in [-0.25, -0.2) is 8.42 Å². The monoisotopic (exact) mass is 420 g/mol. The van der Waals surface area contributed by atoms with Gasteiger partial charge in [0.05, 0.1) is 4.90 Å². The average molecular weight is 421 g/mol. The van der Waals surface area contributed by atoms with Gasteiger partial charge in [-0.3, -0.25) is 19.3 Å². The van der Waals surface area contributed by atoms with Crippen molar-refractivity contribution in [2.24, 2.45) is 10.9 Å². The smallest absolute Gasteiger partial charge is 0.263 e. The SMILES string of the molecule is CC[C@H](C)[C@H](N=C1NS(=O)(=O)c2ccccc21)C(=O)N1CCC(NC(C)=O)CC1. The Morgan fingerprint density at radius 1 is 1.28 bits per heavy atom. The van der Waals surface area contributed by atoms with E-state index in [4.69, 9.17) is 0 Å². The predicted octanol–water partition coefficient (Wildman–Crippen LogP) is 1.27. The Balaban J connectivity index is 1.82. The molecule has 0 spiro atoms. The Morgan fingerprint density at radius 2 is 1.93 bits per heavy atom. The first-order valence-electron chi connectivity index (χ1n) is 9.98. The summed E-state index contributed by atoms with van der Waals surface area (Å²) in [4.78, 5) is 31.0. The van der Waals surface area contributed by atoms with E-state index in [2.05, 4.69) is 15.0 Å². The third-order valence-corrected chi connectivity index (χ3v) is 6.98. The van der Waals surface area contributed by atoms with Gasteiger partial charge in [-0.05, 0) is 30.9 Å². The fraction of sp³-hybridized carbons (Fsp3) is 0.550. The number of nitrogens with one attached hydrogen (secondary N) is 2. The average Bonchev–Trinajstić information content (AvgIpc) is 2.95. The second-order valence-electron chi connectivity index (χ2n) is 7.71. The van der Waals surface area contributed by atoms with Gasteiger partial charge in [-0.2, -0.15) is 0 Å². The molecule has 9 heteroatoms. The number of carbonyl (C=O) groups excluding carboxylic acids is 2. The maximum atomic E-state index is 13.2. The predicted molar refractivity (Wildman–Crippen MR) is 110 cm³/mol. The molecule has 3 rings (SSSR count). The van der Waals surface area contributed by atoms with Gasteiger partial charge in [0.25, 0.3) is 10.0 Å². The number of likely N-dealkylation sites (tertiary alicyclic amines) is 1. The van der Waals surface area contributed by atoms with Crippen molar-refractivity contribution in [3.8, 4) is 0 Å². The van der Waals surface area contributed by atoms with Crippen LogP contribution in [0.1, 0.15) is 45.6 Å². The first kappa shape index (κ1) is 21.3. The fourth-order valence-corrected chi connectivity index (χ4v) is 4.98. The van der Waals surface area contributed by atoms with E-state index < -0.39 is 16.1 Å². The minimum absolute atomic E-state index is 0.0414. The Hall–Kier alpha value is -2.42. The van der Waals surface area contributed by atoms with Crippen molar-refractivity contribution < 1.29 is 18.0 Å². The third-order valence-electron chi connectivity index (χ3n) is 5.58. The number of aliphatic imine (C=N–C) groups is 1. The van der Waals surface area contributed by atoms with E-state index in [-0.39, 0.29) is 34.5 Å². The summed E-state index contributed by atoms with van der Waals surface area (Å²) in [6.45, 7) is 6.52. The lowest BCUT2D eigenvalue weighted by atomic mass is 9.96. The van der Waals surface area contributed by atoms with Crippen LogP contribution >= 0.6 is 0 Å². The highest BCUT2D eigenvalue weighted by Gasteiger charge is 2.35. The minimum atomic E-state index is -3.65. The molecule has 158 valence electrons. The molecule has 2 atom stereocenters. The molecule has 0 radical (unpaired) electrons. The maximum Gasteiger partial charge on any atom is 0.263 e. The largest absolute Gasteiger partial charge is 0.353 e.